The molecule has 0 saturated heterocycles. The van der Waals surface area contributed by atoms with Crippen molar-refractivity contribution in [3.63, 3.8) is 0 Å². The highest BCUT2D eigenvalue weighted by Crippen LogP contribution is 2.43. The van der Waals surface area contributed by atoms with Gasteiger partial charge in [0.05, 0.1) is 0 Å². The average molecular weight is 285 g/mol. The molecule has 0 unspecified atom stereocenters. The Hall–Kier alpha value is -0.980. The van der Waals surface area contributed by atoms with Crippen molar-refractivity contribution < 1.29 is 0 Å². The molecule has 2 fully saturated rings. The van der Waals surface area contributed by atoms with Crippen LogP contribution in [0.25, 0.3) is 0 Å². The van der Waals surface area contributed by atoms with Crippen molar-refractivity contribution in [2.45, 2.75) is 64.2 Å². The van der Waals surface area contributed by atoms with Crippen molar-refractivity contribution in [1.29, 1.82) is 0 Å². The molecule has 2 aliphatic rings. The van der Waals surface area contributed by atoms with Gasteiger partial charge < -0.3 is 5.32 Å². The molecule has 116 valence electrons. The number of rotatable bonds is 3. The topological polar surface area (TPSA) is 12.0 Å². The fraction of sp³-hybridized carbons (Fsp3) is 0.700. The van der Waals surface area contributed by atoms with Gasteiger partial charge in [-0.3, -0.25) is 0 Å². The minimum atomic E-state index is 0.815. The maximum atomic E-state index is 3.21. The van der Waals surface area contributed by atoms with Crippen LogP contribution in [0.2, 0.25) is 0 Å². The normalized spacial score (nSPS) is 33.6. The number of nitrogens with one attached hydrogen (secondary N) is 1. The zero-order chi connectivity index (χ0) is 14.7. The van der Waals surface area contributed by atoms with Gasteiger partial charge in [0, 0.05) is 12.7 Å². The molecule has 21 heavy (non-hydrogen) atoms. The Bertz CT molecular complexity index is 420. The van der Waals surface area contributed by atoms with Crippen LogP contribution in [0.4, 0.5) is 5.69 Å². The van der Waals surface area contributed by atoms with Gasteiger partial charge in [0.25, 0.3) is 0 Å². The third kappa shape index (κ3) is 3.62. The van der Waals surface area contributed by atoms with E-state index in [9.17, 15) is 0 Å². The van der Waals surface area contributed by atoms with E-state index in [-0.39, 0.29) is 0 Å². The first-order valence-electron chi connectivity index (χ1n) is 9.04. The molecule has 2 aliphatic carbocycles. The van der Waals surface area contributed by atoms with Crippen molar-refractivity contribution in [3.8, 4) is 0 Å². The Balaban J connectivity index is 1.52. The van der Waals surface area contributed by atoms with Gasteiger partial charge in [-0.1, -0.05) is 31.9 Å². The van der Waals surface area contributed by atoms with Crippen LogP contribution in [-0.2, 0) is 0 Å². The van der Waals surface area contributed by atoms with Gasteiger partial charge in [-0.25, -0.2) is 0 Å². The summed E-state index contributed by atoms with van der Waals surface area (Å²) in [6.07, 6.45) is 11.7. The van der Waals surface area contributed by atoms with Crippen LogP contribution in [0.3, 0.4) is 0 Å². The van der Waals surface area contributed by atoms with Crippen LogP contribution in [-0.4, -0.2) is 7.05 Å². The van der Waals surface area contributed by atoms with Gasteiger partial charge in [0.1, 0.15) is 0 Å². The Morgan fingerprint density at radius 1 is 0.762 bits per heavy atom. The molecule has 1 aromatic carbocycles. The molecule has 0 aliphatic heterocycles. The van der Waals surface area contributed by atoms with Gasteiger partial charge in [-0.2, -0.15) is 0 Å². The molecule has 3 rings (SSSR count). The summed E-state index contributed by atoms with van der Waals surface area (Å²) in [5, 5.41) is 3.21. The SMILES string of the molecule is CNc1ccc(C2CCC(C3CCC(C)CC3)CC2)cc1. The largest absolute Gasteiger partial charge is 0.388 e. The number of hydrogen-bond acceptors (Lipinski definition) is 1. The summed E-state index contributed by atoms with van der Waals surface area (Å²) in [6, 6.07) is 9.12. The number of hydrogen-bond donors (Lipinski definition) is 1. The molecule has 0 aromatic heterocycles. The lowest BCUT2D eigenvalue weighted by atomic mass is 9.68. The smallest absolute Gasteiger partial charge is 0.0337 e. The van der Waals surface area contributed by atoms with Gasteiger partial charge in [0.15, 0.2) is 0 Å². The maximum absolute atomic E-state index is 3.21. The predicted molar refractivity (Wildman–Crippen MR) is 91.8 cm³/mol. The van der Waals surface area contributed by atoms with E-state index >= 15 is 0 Å². The molecular formula is C20H31N. The van der Waals surface area contributed by atoms with Crippen molar-refractivity contribution in [1.82, 2.24) is 0 Å². The molecule has 1 N–H and O–H groups in total. The lowest BCUT2D eigenvalue weighted by molar-refractivity contribution is 0.165. The first-order chi connectivity index (χ1) is 10.3. The van der Waals surface area contributed by atoms with E-state index in [4.69, 9.17) is 0 Å². The molecule has 1 nitrogen and oxygen atoms in total. The second-order valence-electron chi connectivity index (χ2n) is 7.50. The summed E-state index contributed by atoms with van der Waals surface area (Å²) in [5.74, 6) is 3.89. The molecule has 1 aromatic rings. The molecule has 0 bridgehead atoms. The van der Waals surface area contributed by atoms with Crippen molar-refractivity contribution >= 4 is 5.69 Å². The molecule has 0 heterocycles. The number of anilines is 1. The fourth-order valence-corrected chi connectivity index (χ4v) is 4.60. The third-order valence-electron chi connectivity index (χ3n) is 6.17. The lowest BCUT2D eigenvalue weighted by Gasteiger charge is -2.37. The van der Waals surface area contributed by atoms with Gasteiger partial charge in [0.2, 0.25) is 0 Å². The maximum Gasteiger partial charge on any atom is 0.0337 e. The van der Waals surface area contributed by atoms with Crippen LogP contribution in [0, 0.1) is 17.8 Å². The summed E-state index contributed by atoms with van der Waals surface area (Å²) < 4.78 is 0. The molecule has 0 spiro atoms. The predicted octanol–water partition coefficient (Wildman–Crippen LogP) is 5.83. The van der Waals surface area contributed by atoms with Crippen LogP contribution in [0.1, 0.15) is 69.8 Å². The summed E-state index contributed by atoms with van der Waals surface area (Å²) in [6.45, 7) is 2.43. The molecule has 1 heteroatoms. The molecule has 0 amide bonds. The summed E-state index contributed by atoms with van der Waals surface area (Å²) in [4.78, 5) is 0. The Kier molecular flexibility index (Phi) is 4.87. The highest BCUT2D eigenvalue weighted by Gasteiger charge is 2.30. The minimum Gasteiger partial charge on any atom is -0.388 e. The van der Waals surface area contributed by atoms with Gasteiger partial charge in [-0.15, -0.1) is 0 Å². The molecule has 0 radical (unpaired) electrons. The monoisotopic (exact) mass is 285 g/mol. The first kappa shape index (κ1) is 14.9. The molecule has 0 atom stereocenters. The standard InChI is InChI=1S/C20H31N/c1-15-3-5-16(6-4-15)17-7-9-18(10-8-17)19-11-13-20(21-2)14-12-19/h11-18,21H,3-10H2,1-2H3. The van der Waals surface area contributed by atoms with Crippen molar-refractivity contribution in [3.05, 3.63) is 29.8 Å². The van der Waals surface area contributed by atoms with E-state index < -0.39 is 0 Å². The van der Waals surface area contributed by atoms with Crippen LogP contribution < -0.4 is 5.32 Å². The van der Waals surface area contributed by atoms with E-state index in [0.29, 0.717) is 0 Å². The van der Waals surface area contributed by atoms with Crippen LogP contribution >= 0.6 is 0 Å². The van der Waals surface area contributed by atoms with E-state index in [0.717, 1.165) is 23.7 Å². The van der Waals surface area contributed by atoms with E-state index in [1.807, 2.05) is 7.05 Å². The Labute approximate surface area is 130 Å². The zero-order valence-electron chi connectivity index (χ0n) is 13.8. The van der Waals surface area contributed by atoms with Gasteiger partial charge in [-0.05, 0) is 79.9 Å². The zero-order valence-corrected chi connectivity index (χ0v) is 13.8. The average Bonchev–Trinajstić information content (AvgIpc) is 2.56. The van der Waals surface area contributed by atoms with Crippen LogP contribution in [0.5, 0.6) is 0 Å². The lowest BCUT2D eigenvalue weighted by Crippen LogP contribution is -2.24. The fourth-order valence-electron chi connectivity index (χ4n) is 4.60. The Morgan fingerprint density at radius 2 is 1.29 bits per heavy atom. The highest BCUT2D eigenvalue weighted by molar-refractivity contribution is 5.44. The summed E-state index contributed by atoms with van der Waals surface area (Å²) in [7, 11) is 1.99. The van der Waals surface area contributed by atoms with Crippen molar-refractivity contribution in [2.24, 2.45) is 17.8 Å². The first-order valence-corrected chi connectivity index (χ1v) is 9.04. The quantitative estimate of drug-likeness (QED) is 0.737. The van der Waals surface area contributed by atoms with Crippen molar-refractivity contribution in [2.75, 3.05) is 12.4 Å². The second-order valence-corrected chi connectivity index (χ2v) is 7.50. The minimum absolute atomic E-state index is 0.815. The van der Waals surface area contributed by atoms with E-state index in [1.54, 1.807) is 5.56 Å². The van der Waals surface area contributed by atoms with E-state index in [2.05, 4.69) is 36.5 Å². The summed E-state index contributed by atoms with van der Waals surface area (Å²) >= 11 is 0. The molecular weight excluding hydrogens is 254 g/mol. The number of benzene rings is 1. The highest BCUT2D eigenvalue weighted by atomic mass is 14.8. The second kappa shape index (κ2) is 6.85. The Morgan fingerprint density at radius 3 is 1.81 bits per heavy atom. The summed E-state index contributed by atoms with van der Waals surface area (Å²) in [5.41, 5.74) is 2.79. The van der Waals surface area contributed by atoms with Crippen LogP contribution in [0.15, 0.2) is 24.3 Å². The molecule has 2 saturated carbocycles. The van der Waals surface area contributed by atoms with E-state index in [1.165, 1.54) is 57.1 Å². The third-order valence-corrected chi connectivity index (χ3v) is 6.17. The van der Waals surface area contributed by atoms with Gasteiger partial charge >= 0.3 is 0 Å².